The number of hydrogen-bond acceptors (Lipinski definition) is 5. The first-order valence-electron chi connectivity index (χ1n) is 9.24. The molecule has 0 N–H and O–H groups in total. The van der Waals surface area contributed by atoms with Crippen LogP contribution in [0.25, 0.3) is 11.3 Å². The number of hydrogen-bond donors (Lipinski definition) is 0. The smallest absolute Gasteiger partial charge is 0.124 e. The number of aromatic nitrogens is 2. The van der Waals surface area contributed by atoms with Crippen LogP contribution in [0.2, 0.25) is 0 Å². The number of benzene rings is 2. The molecule has 0 saturated carbocycles. The van der Waals surface area contributed by atoms with E-state index in [1.54, 1.807) is 12.4 Å². The van der Waals surface area contributed by atoms with Gasteiger partial charge in [0, 0.05) is 44.4 Å². The third kappa shape index (κ3) is 3.94. The first-order chi connectivity index (χ1) is 14.3. The fourth-order valence-electron chi connectivity index (χ4n) is 3.29. The first kappa shape index (κ1) is 20.1. The second-order valence-electron chi connectivity index (χ2n) is 6.59. The molecule has 0 radical (unpaired) electrons. The van der Waals surface area contributed by atoms with Gasteiger partial charge in [-0.1, -0.05) is 30.3 Å². The van der Waals surface area contributed by atoms with E-state index in [-0.39, 0.29) is 21.1 Å². The standard InChI is InChI=1S/C24H17N4O.Pt/c1-27-17-28(23-11-3-2-10-22(23)27)19-12-14-26-24(16-19)29-20-8-6-7-18(15-20)21-9-4-5-13-25-21;/h2-14,17H,1H3;/q-3;. The molecule has 0 atom stereocenters. The van der Waals surface area contributed by atoms with Crippen molar-refractivity contribution in [2.24, 2.45) is 0 Å². The maximum atomic E-state index is 5.95. The molecule has 0 amide bonds. The predicted molar refractivity (Wildman–Crippen MR) is 113 cm³/mol. The number of nitrogens with zero attached hydrogens (tertiary/aromatic N) is 4. The number of rotatable bonds is 4. The van der Waals surface area contributed by atoms with E-state index < -0.39 is 0 Å². The summed E-state index contributed by atoms with van der Waals surface area (Å²) in [6, 6.07) is 28.1. The molecule has 0 unspecified atom stereocenters. The Hall–Kier alpha value is -3.17. The molecule has 0 spiro atoms. The van der Waals surface area contributed by atoms with Gasteiger partial charge in [-0.3, -0.25) is 4.98 Å². The van der Waals surface area contributed by atoms with Crippen LogP contribution in [-0.2, 0) is 21.1 Å². The second-order valence-corrected chi connectivity index (χ2v) is 6.59. The molecular weight excluding hydrogens is 555 g/mol. The Kier molecular flexibility index (Phi) is 5.82. The molecule has 6 heteroatoms. The zero-order chi connectivity index (χ0) is 19.6. The maximum Gasteiger partial charge on any atom is 0.124 e. The van der Waals surface area contributed by atoms with E-state index in [1.165, 1.54) is 0 Å². The zero-order valence-corrected chi connectivity index (χ0v) is 18.4. The van der Waals surface area contributed by atoms with E-state index in [0.29, 0.717) is 11.6 Å². The van der Waals surface area contributed by atoms with Gasteiger partial charge in [-0.25, -0.2) is 0 Å². The van der Waals surface area contributed by atoms with Gasteiger partial charge in [0.25, 0.3) is 0 Å². The minimum atomic E-state index is 0. The van der Waals surface area contributed by atoms with Gasteiger partial charge in [0.05, 0.1) is 0 Å². The Morgan fingerprint density at radius 1 is 0.833 bits per heavy atom. The molecular formula is C24H17N4OPt-3. The van der Waals surface area contributed by atoms with Crippen molar-refractivity contribution < 1.29 is 25.8 Å². The number of para-hydroxylation sites is 2. The van der Waals surface area contributed by atoms with E-state index in [4.69, 9.17) is 4.74 Å². The first-order valence-corrected chi connectivity index (χ1v) is 9.24. The van der Waals surface area contributed by atoms with Crippen LogP contribution < -0.4 is 14.5 Å². The fraction of sp³-hybridized carbons (Fsp3) is 0.0417. The maximum absolute atomic E-state index is 5.95. The van der Waals surface area contributed by atoms with Gasteiger partial charge in [-0.2, -0.15) is 24.5 Å². The van der Waals surface area contributed by atoms with Crippen LogP contribution in [0.3, 0.4) is 0 Å². The molecule has 5 nitrogen and oxygen atoms in total. The summed E-state index contributed by atoms with van der Waals surface area (Å²) >= 11 is 0. The Balaban J connectivity index is 0.00000218. The third-order valence-corrected chi connectivity index (χ3v) is 4.64. The summed E-state index contributed by atoms with van der Waals surface area (Å²) in [7, 11) is 2.02. The van der Waals surface area contributed by atoms with Crippen LogP contribution in [-0.4, -0.2) is 17.0 Å². The van der Waals surface area contributed by atoms with Crippen molar-refractivity contribution in [3.8, 4) is 22.9 Å². The Morgan fingerprint density at radius 3 is 2.50 bits per heavy atom. The van der Waals surface area contributed by atoms with Crippen molar-refractivity contribution in [3.05, 3.63) is 97.9 Å². The molecule has 1 aliphatic heterocycles. The van der Waals surface area contributed by atoms with Crippen molar-refractivity contribution in [2.75, 3.05) is 16.8 Å². The summed E-state index contributed by atoms with van der Waals surface area (Å²) in [5, 5.41) is 0. The summed E-state index contributed by atoms with van der Waals surface area (Å²) in [6.45, 7) is 2.02. The topological polar surface area (TPSA) is 41.5 Å². The van der Waals surface area contributed by atoms with Crippen LogP contribution in [0.5, 0.6) is 11.6 Å². The summed E-state index contributed by atoms with van der Waals surface area (Å²) in [4.78, 5) is 12.8. The minimum Gasteiger partial charge on any atom is -0.504 e. The zero-order valence-electron chi connectivity index (χ0n) is 16.1. The van der Waals surface area contributed by atoms with Crippen molar-refractivity contribution in [2.45, 2.75) is 0 Å². The number of ether oxygens (including phenoxy) is 1. The number of anilines is 3. The van der Waals surface area contributed by atoms with Crippen LogP contribution in [0, 0.1) is 18.8 Å². The molecule has 4 aromatic rings. The largest absolute Gasteiger partial charge is 0.504 e. The second kappa shape index (κ2) is 8.68. The Labute approximate surface area is 190 Å². The molecule has 30 heavy (non-hydrogen) atoms. The monoisotopic (exact) mass is 572 g/mol. The van der Waals surface area contributed by atoms with E-state index in [9.17, 15) is 0 Å². The molecule has 0 bridgehead atoms. The van der Waals surface area contributed by atoms with Crippen LogP contribution >= 0.6 is 0 Å². The Bertz CT molecular complexity index is 1150. The van der Waals surface area contributed by atoms with Crippen LogP contribution in [0.4, 0.5) is 17.1 Å². The summed E-state index contributed by atoms with van der Waals surface area (Å²) in [5.74, 6) is 0.953. The SMILES string of the molecule is CN1[CH-]N(c2[c-]c(Oc3[c-]c(-c4ccccn4)ccc3)ncc2)c2ccccc21.[Pt]. The normalized spacial score (nSPS) is 12.3. The third-order valence-electron chi connectivity index (χ3n) is 4.64. The van der Waals surface area contributed by atoms with E-state index in [1.807, 2.05) is 68.3 Å². The van der Waals surface area contributed by atoms with Crippen LogP contribution in [0.15, 0.2) is 79.1 Å². The Morgan fingerprint density at radius 2 is 1.67 bits per heavy atom. The van der Waals surface area contributed by atoms with Gasteiger partial charge in [0.2, 0.25) is 0 Å². The van der Waals surface area contributed by atoms with Crippen molar-refractivity contribution in [1.82, 2.24) is 9.97 Å². The van der Waals surface area contributed by atoms with Crippen LogP contribution in [0.1, 0.15) is 0 Å². The average molecular weight is 573 g/mol. The number of pyridine rings is 2. The molecule has 0 aliphatic carbocycles. The minimum absolute atomic E-state index is 0. The predicted octanol–water partition coefficient (Wildman–Crippen LogP) is 5.24. The molecule has 1 aliphatic rings. The van der Waals surface area contributed by atoms with Crippen molar-refractivity contribution in [1.29, 1.82) is 0 Å². The van der Waals surface area contributed by atoms with Gasteiger partial charge in [-0.15, -0.1) is 23.8 Å². The van der Waals surface area contributed by atoms with E-state index >= 15 is 0 Å². The molecule has 0 saturated heterocycles. The quantitative estimate of drug-likeness (QED) is 0.313. The van der Waals surface area contributed by atoms with Gasteiger partial charge >= 0.3 is 0 Å². The summed E-state index contributed by atoms with van der Waals surface area (Å²) in [6.07, 6.45) is 3.48. The average Bonchev–Trinajstić information content (AvgIpc) is 3.12. The van der Waals surface area contributed by atoms with Crippen molar-refractivity contribution in [3.63, 3.8) is 0 Å². The molecule has 3 heterocycles. The van der Waals surface area contributed by atoms with E-state index in [0.717, 1.165) is 28.3 Å². The summed E-state index contributed by atoms with van der Waals surface area (Å²) < 4.78 is 5.95. The van der Waals surface area contributed by atoms with E-state index in [2.05, 4.69) is 44.0 Å². The van der Waals surface area contributed by atoms with Gasteiger partial charge in [-0.05, 0) is 37.1 Å². The fourth-order valence-corrected chi connectivity index (χ4v) is 3.29. The van der Waals surface area contributed by atoms with Gasteiger partial charge in [0.1, 0.15) is 5.88 Å². The molecule has 152 valence electrons. The molecule has 2 aromatic heterocycles. The number of fused-ring (bicyclic) bond motifs is 1. The molecule has 2 aromatic carbocycles. The molecule has 0 fully saturated rings. The summed E-state index contributed by atoms with van der Waals surface area (Å²) in [5.41, 5.74) is 4.79. The van der Waals surface area contributed by atoms with Gasteiger partial charge in [0.15, 0.2) is 0 Å². The van der Waals surface area contributed by atoms with Gasteiger partial charge < -0.3 is 19.5 Å². The molecule has 5 rings (SSSR count). The van der Waals surface area contributed by atoms with Crippen molar-refractivity contribution >= 4 is 17.1 Å².